The van der Waals surface area contributed by atoms with E-state index < -0.39 is 6.03 Å². The number of rotatable bonds is 6. The van der Waals surface area contributed by atoms with Crippen LogP contribution in [0.25, 0.3) is 17.1 Å². The molecule has 9 heteroatoms. The summed E-state index contributed by atoms with van der Waals surface area (Å²) in [6, 6.07) is 24.1. The van der Waals surface area contributed by atoms with Crippen molar-refractivity contribution in [3.8, 4) is 28.7 Å². The first-order valence-electron chi connectivity index (χ1n) is 12.1. The maximum Gasteiger partial charge on any atom is 0.325 e. The minimum Gasteiger partial charge on any atom is -0.437 e. The molecule has 0 aliphatic rings. The smallest absolute Gasteiger partial charge is 0.325 e. The van der Waals surface area contributed by atoms with Gasteiger partial charge in [-0.15, -0.1) is 10.2 Å². The Labute approximate surface area is 220 Å². The van der Waals surface area contributed by atoms with Crippen molar-refractivity contribution in [2.45, 2.75) is 26.2 Å². The van der Waals surface area contributed by atoms with E-state index in [-0.39, 0.29) is 5.41 Å². The molecule has 5 rings (SSSR count). The normalized spacial score (nSPS) is 11.1. The minimum atomic E-state index is -0.473. The highest BCUT2D eigenvalue weighted by molar-refractivity contribution is 6.00. The maximum absolute atomic E-state index is 12.8. The Morgan fingerprint density at radius 2 is 1.66 bits per heavy atom. The van der Waals surface area contributed by atoms with Crippen molar-refractivity contribution in [1.29, 1.82) is 0 Å². The maximum atomic E-state index is 12.8. The zero-order valence-electron chi connectivity index (χ0n) is 21.3. The lowest BCUT2D eigenvalue weighted by molar-refractivity contribution is 0.262. The van der Waals surface area contributed by atoms with Gasteiger partial charge in [-0.3, -0.25) is 9.88 Å². The molecule has 0 atom stereocenters. The summed E-state index contributed by atoms with van der Waals surface area (Å²) in [6.45, 7) is 6.35. The van der Waals surface area contributed by atoms with E-state index in [0.29, 0.717) is 29.0 Å². The van der Waals surface area contributed by atoms with Crippen LogP contribution in [0.5, 0.6) is 11.6 Å². The third-order valence-corrected chi connectivity index (χ3v) is 5.77. The highest BCUT2D eigenvalue weighted by Gasteiger charge is 2.20. The number of carbonyl (C=O) groups excluding carboxylic acids is 1. The molecule has 0 fully saturated rings. The Morgan fingerprint density at radius 1 is 0.868 bits per heavy atom. The van der Waals surface area contributed by atoms with E-state index >= 15 is 0 Å². The number of pyridine rings is 2. The average Bonchev–Trinajstić information content (AvgIpc) is 3.41. The standard InChI is InChI=1S/C29H27N7O2/c1-29(2,3)22-12-7-8-14-24(22)38-27-23(13-9-17-30-27)33-28(37)34-25-16-15-20(18-31-25)26-35-32-19-36(26)21-10-5-4-6-11-21/h4-19H,1-3H3,(H2,31,33,34,37). The lowest BCUT2D eigenvalue weighted by atomic mass is 9.86. The van der Waals surface area contributed by atoms with Crippen LogP contribution in [0.15, 0.2) is 97.6 Å². The van der Waals surface area contributed by atoms with E-state index in [2.05, 4.69) is 51.6 Å². The van der Waals surface area contributed by atoms with E-state index in [1.807, 2.05) is 65.2 Å². The lowest BCUT2D eigenvalue weighted by Gasteiger charge is -2.22. The quantitative estimate of drug-likeness (QED) is 0.274. The molecule has 38 heavy (non-hydrogen) atoms. The first kappa shape index (κ1) is 24.6. The van der Waals surface area contributed by atoms with Gasteiger partial charge in [0.05, 0.1) is 0 Å². The Kier molecular flexibility index (Phi) is 6.82. The van der Waals surface area contributed by atoms with Crippen LogP contribution < -0.4 is 15.4 Å². The fourth-order valence-corrected chi connectivity index (χ4v) is 3.93. The van der Waals surface area contributed by atoms with E-state index in [1.165, 1.54) is 0 Å². The van der Waals surface area contributed by atoms with Crippen molar-refractivity contribution in [2.24, 2.45) is 0 Å². The van der Waals surface area contributed by atoms with Crippen LogP contribution in [-0.2, 0) is 5.41 Å². The van der Waals surface area contributed by atoms with Crippen LogP contribution in [0, 0.1) is 0 Å². The highest BCUT2D eigenvalue weighted by Crippen LogP contribution is 2.35. The number of para-hydroxylation sites is 2. The van der Waals surface area contributed by atoms with Crippen LogP contribution in [0.3, 0.4) is 0 Å². The molecule has 2 aromatic carbocycles. The fraction of sp³-hybridized carbons (Fsp3) is 0.138. The molecule has 190 valence electrons. The van der Waals surface area contributed by atoms with Gasteiger partial charge < -0.3 is 10.1 Å². The third-order valence-electron chi connectivity index (χ3n) is 5.77. The van der Waals surface area contributed by atoms with Gasteiger partial charge in [-0.1, -0.05) is 57.2 Å². The van der Waals surface area contributed by atoms with Crippen LogP contribution >= 0.6 is 0 Å². The summed E-state index contributed by atoms with van der Waals surface area (Å²) >= 11 is 0. The molecule has 0 spiro atoms. The molecule has 0 aliphatic carbocycles. The molecule has 9 nitrogen and oxygen atoms in total. The van der Waals surface area contributed by atoms with E-state index in [9.17, 15) is 4.79 Å². The predicted molar refractivity (Wildman–Crippen MR) is 147 cm³/mol. The molecular formula is C29H27N7O2. The number of aromatic nitrogens is 5. The Hall–Kier alpha value is -5.05. The molecule has 3 aromatic heterocycles. The van der Waals surface area contributed by atoms with Crippen LogP contribution in [0.1, 0.15) is 26.3 Å². The van der Waals surface area contributed by atoms with E-state index in [1.54, 1.807) is 36.9 Å². The van der Waals surface area contributed by atoms with Crippen LogP contribution in [-0.4, -0.2) is 30.8 Å². The van der Waals surface area contributed by atoms with Crippen molar-refractivity contribution >= 4 is 17.5 Å². The average molecular weight is 506 g/mol. The molecule has 3 heterocycles. The van der Waals surface area contributed by atoms with E-state index in [4.69, 9.17) is 4.74 Å². The Balaban J connectivity index is 1.29. The number of nitrogens with zero attached hydrogens (tertiary/aromatic N) is 5. The van der Waals surface area contributed by atoms with Crippen molar-refractivity contribution in [3.63, 3.8) is 0 Å². The summed E-state index contributed by atoms with van der Waals surface area (Å²) < 4.78 is 8.01. The summed E-state index contributed by atoms with van der Waals surface area (Å²) in [5.74, 6) is 2.00. The molecule has 0 radical (unpaired) electrons. The minimum absolute atomic E-state index is 0.123. The molecule has 0 saturated heterocycles. The number of ether oxygens (including phenoxy) is 1. The summed E-state index contributed by atoms with van der Waals surface area (Å²) in [5, 5.41) is 13.8. The van der Waals surface area contributed by atoms with Crippen LogP contribution in [0.2, 0.25) is 0 Å². The van der Waals surface area contributed by atoms with Crippen LogP contribution in [0.4, 0.5) is 16.3 Å². The number of urea groups is 1. The second kappa shape index (κ2) is 10.5. The molecule has 0 saturated carbocycles. The zero-order chi connectivity index (χ0) is 26.5. The monoisotopic (exact) mass is 505 g/mol. The Bertz CT molecular complexity index is 1540. The van der Waals surface area contributed by atoms with Gasteiger partial charge in [0.15, 0.2) is 5.82 Å². The number of anilines is 2. The SMILES string of the molecule is CC(C)(C)c1ccccc1Oc1ncccc1NC(=O)Nc1ccc(-c2nncn2-c2ccccc2)cn1. The van der Waals surface area contributed by atoms with Crippen molar-refractivity contribution in [1.82, 2.24) is 24.7 Å². The van der Waals surface area contributed by atoms with Crippen molar-refractivity contribution in [2.75, 3.05) is 10.6 Å². The van der Waals surface area contributed by atoms with Gasteiger partial charge in [0.2, 0.25) is 5.88 Å². The number of carbonyl (C=O) groups is 1. The predicted octanol–water partition coefficient (Wildman–Crippen LogP) is 6.46. The molecule has 2 amide bonds. The molecule has 0 unspecified atom stereocenters. The number of hydrogen-bond acceptors (Lipinski definition) is 6. The Morgan fingerprint density at radius 3 is 2.42 bits per heavy atom. The van der Waals surface area contributed by atoms with Gasteiger partial charge in [0.1, 0.15) is 23.6 Å². The molecule has 2 N–H and O–H groups in total. The number of amides is 2. The van der Waals surface area contributed by atoms with Gasteiger partial charge in [-0.2, -0.15) is 0 Å². The summed E-state index contributed by atoms with van der Waals surface area (Å²) in [6.07, 6.45) is 4.91. The fourth-order valence-electron chi connectivity index (χ4n) is 3.93. The van der Waals surface area contributed by atoms with E-state index in [0.717, 1.165) is 16.8 Å². The van der Waals surface area contributed by atoms with Crippen molar-refractivity contribution < 1.29 is 9.53 Å². The summed E-state index contributed by atoms with van der Waals surface area (Å²) in [7, 11) is 0. The topological polar surface area (TPSA) is 107 Å². The number of benzene rings is 2. The van der Waals surface area contributed by atoms with Gasteiger partial charge in [-0.05, 0) is 47.9 Å². The molecule has 0 bridgehead atoms. The number of hydrogen-bond donors (Lipinski definition) is 2. The zero-order valence-corrected chi connectivity index (χ0v) is 21.3. The van der Waals surface area contributed by atoms with Gasteiger partial charge >= 0.3 is 6.03 Å². The largest absolute Gasteiger partial charge is 0.437 e. The second-order valence-corrected chi connectivity index (χ2v) is 9.58. The first-order chi connectivity index (χ1) is 18.4. The summed E-state index contributed by atoms with van der Waals surface area (Å²) in [4.78, 5) is 21.5. The van der Waals surface area contributed by atoms with Gasteiger partial charge in [-0.25, -0.2) is 14.8 Å². The molecular weight excluding hydrogens is 478 g/mol. The highest BCUT2D eigenvalue weighted by atomic mass is 16.5. The van der Waals surface area contributed by atoms with Gasteiger partial charge in [0.25, 0.3) is 0 Å². The van der Waals surface area contributed by atoms with Gasteiger partial charge in [0, 0.05) is 29.2 Å². The number of nitrogens with one attached hydrogen (secondary N) is 2. The third kappa shape index (κ3) is 5.52. The lowest BCUT2D eigenvalue weighted by Crippen LogP contribution is -2.20. The molecule has 0 aliphatic heterocycles. The first-order valence-corrected chi connectivity index (χ1v) is 12.1. The van der Waals surface area contributed by atoms with Crippen molar-refractivity contribution in [3.05, 3.63) is 103 Å². The molecule has 5 aromatic rings. The second-order valence-electron chi connectivity index (χ2n) is 9.58. The summed E-state index contributed by atoms with van der Waals surface area (Å²) in [5.41, 5.74) is 3.05.